The maximum absolute atomic E-state index is 11.7. The van der Waals surface area contributed by atoms with Gasteiger partial charge in [-0.15, -0.1) is 6.42 Å². The van der Waals surface area contributed by atoms with Gasteiger partial charge in [0.05, 0.1) is 6.61 Å². The minimum atomic E-state index is -0.543. The van der Waals surface area contributed by atoms with E-state index in [0.717, 1.165) is 12.8 Å². The summed E-state index contributed by atoms with van der Waals surface area (Å²) in [6.07, 6.45) is 6.61. The van der Waals surface area contributed by atoms with Crippen molar-refractivity contribution in [2.24, 2.45) is 0 Å². The largest absolute Gasteiger partial charge is 0.464 e. The molecule has 1 heterocycles. The lowest BCUT2D eigenvalue weighted by atomic mass is 10.2. The van der Waals surface area contributed by atoms with Crippen molar-refractivity contribution in [3.8, 4) is 12.3 Å². The highest BCUT2D eigenvalue weighted by atomic mass is 16.6. The van der Waals surface area contributed by atoms with Gasteiger partial charge in [0.25, 0.3) is 0 Å². The minimum absolute atomic E-state index is 0.0773. The molecule has 1 atom stereocenters. The maximum atomic E-state index is 11.7. The van der Waals surface area contributed by atoms with Crippen LogP contribution >= 0.6 is 0 Å². The van der Waals surface area contributed by atoms with Crippen LogP contribution in [0.4, 0.5) is 4.79 Å². The maximum Gasteiger partial charge on any atom is 0.411 e. The molecule has 0 bridgehead atoms. The molecule has 1 amide bonds. The van der Waals surface area contributed by atoms with E-state index >= 15 is 0 Å². The van der Waals surface area contributed by atoms with Gasteiger partial charge >= 0.3 is 12.1 Å². The first kappa shape index (κ1) is 13.4. The first-order valence-electron chi connectivity index (χ1n) is 5.74. The van der Waals surface area contributed by atoms with Gasteiger partial charge in [-0.25, -0.2) is 9.59 Å². The summed E-state index contributed by atoms with van der Waals surface area (Å²) in [5.41, 5.74) is 0. The van der Waals surface area contributed by atoms with Crippen molar-refractivity contribution in [2.75, 3.05) is 19.8 Å². The molecule has 0 aromatic heterocycles. The zero-order chi connectivity index (χ0) is 12.7. The van der Waals surface area contributed by atoms with E-state index in [1.807, 2.05) is 6.92 Å². The number of likely N-dealkylation sites (tertiary alicyclic amines) is 1. The molecule has 0 spiro atoms. The summed E-state index contributed by atoms with van der Waals surface area (Å²) in [7, 11) is 0. The first-order chi connectivity index (χ1) is 8.20. The Labute approximate surface area is 101 Å². The number of terminal acetylenes is 1. The lowest BCUT2D eigenvalue weighted by Crippen LogP contribution is -2.41. The lowest BCUT2D eigenvalue weighted by Gasteiger charge is -2.21. The van der Waals surface area contributed by atoms with E-state index in [0.29, 0.717) is 19.6 Å². The number of esters is 1. The van der Waals surface area contributed by atoms with Gasteiger partial charge in [0.15, 0.2) is 6.61 Å². The Morgan fingerprint density at radius 3 is 2.88 bits per heavy atom. The summed E-state index contributed by atoms with van der Waals surface area (Å²) in [4.78, 5) is 24.7. The summed E-state index contributed by atoms with van der Waals surface area (Å²) in [6, 6.07) is -0.521. The average Bonchev–Trinajstić information content (AvgIpc) is 2.82. The Morgan fingerprint density at radius 1 is 1.47 bits per heavy atom. The van der Waals surface area contributed by atoms with E-state index in [1.165, 1.54) is 4.90 Å². The van der Waals surface area contributed by atoms with Crippen molar-refractivity contribution in [3.05, 3.63) is 0 Å². The summed E-state index contributed by atoms with van der Waals surface area (Å²) >= 11 is 0. The van der Waals surface area contributed by atoms with Crippen molar-refractivity contribution in [1.29, 1.82) is 0 Å². The van der Waals surface area contributed by atoms with Crippen molar-refractivity contribution in [3.63, 3.8) is 0 Å². The van der Waals surface area contributed by atoms with E-state index < -0.39 is 12.1 Å². The summed E-state index contributed by atoms with van der Waals surface area (Å²) < 4.78 is 9.83. The number of hydrogen-bond donors (Lipinski definition) is 0. The molecule has 0 radical (unpaired) electrons. The Balaban J connectivity index is 2.51. The number of rotatable bonds is 4. The molecule has 94 valence electrons. The fourth-order valence-corrected chi connectivity index (χ4v) is 1.72. The lowest BCUT2D eigenvalue weighted by molar-refractivity contribution is -0.148. The molecular weight excluding hydrogens is 222 g/mol. The van der Waals surface area contributed by atoms with Crippen LogP contribution in [0.5, 0.6) is 0 Å². The van der Waals surface area contributed by atoms with Gasteiger partial charge in [-0.3, -0.25) is 4.90 Å². The Bertz CT molecular complexity index is 321. The van der Waals surface area contributed by atoms with Crippen LogP contribution in [0.1, 0.15) is 26.2 Å². The molecule has 1 aliphatic rings. The number of carbonyl (C=O) groups is 2. The van der Waals surface area contributed by atoms with Crippen LogP contribution in [-0.4, -0.2) is 42.8 Å². The Kier molecular flexibility index (Phi) is 5.34. The van der Waals surface area contributed by atoms with Crippen LogP contribution in [0.3, 0.4) is 0 Å². The smallest absolute Gasteiger partial charge is 0.411 e. The van der Waals surface area contributed by atoms with Crippen LogP contribution in [0.2, 0.25) is 0 Å². The molecule has 0 N–H and O–H groups in total. The number of carbonyl (C=O) groups excluding carboxylic acids is 2. The standard InChI is InChI=1S/C12H17NO4/c1-3-8-16-11(14)10-6-5-7-13(10)12(15)17-9-4-2/h2,10H,3,5-9H2,1H3. The molecular formula is C12H17NO4. The molecule has 5 heteroatoms. The Hall–Kier alpha value is -1.70. The van der Waals surface area contributed by atoms with E-state index in [4.69, 9.17) is 15.9 Å². The molecule has 0 aliphatic carbocycles. The molecule has 0 saturated carbocycles. The second-order valence-corrected chi connectivity index (χ2v) is 3.78. The van der Waals surface area contributed by atoms with Crippen molar-refractivity contribution < 1.29 is 19.1 Å². The van der Waals surface area contributed by atoms with Gasteiger partial charge in [0.1, 0.15) is 6.04 Å². The first-order valence-corrected chi connectivity index (χ1v) is 5.74. The van der Waals surface area contributed by atoms with Gasteiger partial charge in [-0.2, -0.15) is 0 Å². The van der Waals surface area contributed by atoms with Crippen LogP contribution in [0.25, 0.3) is 0 Å². The average molecular weight is 239 g/mol. The number of nitrogens with zero attached hydrogens (tertiary/aromatic N) is 1. The third-order valence-electron chi connectivity index (χ3n) is 2.49. The highest BCUT2D eigenvalue weighted by molar-refractivity contribution is 5.82. The number of ether oxygens (including phenoxy) is 2. The fourth-order valence-electron chi connectivity index (χ4n) is 1.72. The molecule has 0 aromatic carbocycles. The van der Waals surface area contributed by atoms with Crippen LogP contribution in [0, 0.1) is 12.3 Å². The fraction of sp³-hybridized carbons (Fsp3) is 0.667. The monoisotopic (exact) mass is 239 g/mol. The zero-order valence-electron chi connectivity index (χ0n) is 9.98. The van der Waals surface area contributed by atoms with E-state index in [2.05, 4.69) is 5.92 Å². The molecule has 17 heavy (non-hydrogen) atoms. The van der Waals surface area contributed by atoms with Gasteiger partial charge in [0.2, 0.25) is 0 Å². The third kappa shape index (κ3) is 3.66. The predicted molar refractivity (Wildman–Crippen MR) is 61.2 cm³/mol. The number of amides is 1. The van der Waals surface area contributed by atoms with Crippen molar-refractivity contribution in [1.82, 2.24) is 4.90 Å². The highest BCUT2D eigenvalue weighted by Crippen LogP contribution is 2.19. The van der Waals surface area contributed by atoms with Gasteiger partial charge in [-0.05, 0) is 19.3 Å². The molecule has 1 aliphatic heterocycles. The topological polar surface area (TPSA) is 55.8 Å². The molecule has 1 fully saturated rings. The van der Waals surface area contributed by atoms with Crippen LogP contribution in [-0.2, 0) is 14.3 Å². The van der Waals surface area contributed by atoms with E-state index in [1.54, 1.807) is 0 Å². The highest BCUT2D eigenvalue weighted by Gasteiger charge is 2.36. The normalized spacial score (nSPS) is 18.6. The molecule has 1 rings (SSSR count). The molecule has 1 unspecified atom stereocenters. The second kappa shape index (κ2) is 6.79. The van der Waals surface area contributed by atoms with Crippen molar-refractivity contribution >= 4 is 12.1 Å². The number of hydrogen-bond acceptors (Lipinski definition) is 4. The predicted octanol–water partition coefficient (Wildman–Crippen LogP) is 1.17. The summed E-state index contributed by atoms with van der Waals surface area (Å²) in [5.74, 6) is 1.86. The zero-order valence-corrected chi connectivity index (χ0v) is 9.98. The van der Waals surface area contributed by atoms with E-state index in [9.17, 15) is 9.59 Å². The third-order valence-corrected chi connectivity index (χ3v) is 2.49. The summed E-state index contributed by atoms with van der Waals surface area (Å²) in [6.45, 7) is 2.73. The van der Waals surface area contributed by atoms with Crippen LogP contribution in [0.15, 0.2) is 0 Å². The molecule has 0 aromatic rings. The van der Waals surface area contributed by atoms with E-state index in [-0.39, 0.29) is 12.6 Å². The van der Waals surface area contributed by atoms with Gasteiger partial charge in [-0.1, -0.05) is 12.8 Å². The van der Waals surface area contributed by atoms with Gasteiger partial charge in [0, 0.05) is 6.54 Å². The van der Waals surface area contributed by atoms with Crippen LogP contribution < -0.4 is 0 Å². The Morgan fingerprint density at radius 2 is 2.24 bits per heavy atom. The minimum Gasteiger partial charge on any atom is -0.464 e. The quantitative estimate of drug-likeness (QED) is 0.546. The second-order valence-electron chi connectivity index (χ2n) is 3.78. The molecule has 1 saturated heterocycles. The van der Waals surface area contributed by atoms with Crippen molar-refractivity contribution in [2.45, 2.75) is 32.2 Å². The molecule has 5 nitrogen and oxygen atoms in total. The van der Waals surface area contributed by atoms with Gasteiger partial charge < -0.3 is 9.47 Å². The summed E-state index contributed by atoms with van der Waals surface area (Å²) in [5, 5.41) is 0. The SMILES string of the molecule is C#CCOC(=O)N1CCCC1C(=O)OCCC.